The molecule has 0 fully saturated rings. The van der Waals surface area contributed by atoms with Crippen LogP contribution in [-0.4, -0.2) is 24.2 Å². The predicted molar refractivity (Wildman–Crippen MR) is 69.9 cm³/mol. The van der Waals surface area contributed by atoms with Crippen molar-refractivity contribution in [2.45, 2.75) is 33.6 Å². The first-order valence-electron chi connectivity index (χ1n) is 6.11. The van der Waals surface area contributed by atoms with Crippen molar-refractivity contribution >= 4 is 11.7 Å². The minimum Gasteiger partial charge on any atom is -0.492 e. The number of carbonyl (C=O) groups excluding carboxylic acids is 1. The molecule has 0 aliphatic rings. The molecule has 0 saturated carbocycles. The van der Waals surface area contributed by atoms with Crippen molar-refractivity contribution < 1.29 is 14.3 Å². The smallest absolute Gasteiger partial charge is 0.359 e. The highest BCUT2D eigenvalue weighted by molar-refractivity contribution is 5.94. The van der Waals surface area contributed by atoms with Gasteiger partial charge in [-0.25, -0.2) is 9.78 Å². The summed E-state index contributed by atoms with van der Waals surface area (Å²) in [5.74, 6) is 0.149. The lowest BCUT2D eigenvalue weighted by Crippen LogP contribution is -2.14. The number of hydrogen-bond donors (Lipinski definition) is 1. The fourth-order valence-corrected chi connectivity index (χ4v) is 1.48. The quantitative estimate of drug-likeness (QED) is 0.814. The Balaban J connectivity index is 3.26. The van der Waals surface area contributed by atoms with Crippen LogP contribution in [0.15, 0.2) is 6.07 Å². The number of nitrogens with two attached hydrogens (primary N) is 1. The molecule has 100 valence electrons. The number of nitrogen functional groups attached to an aromatic ring is 1. The lowest BCUT2D eigenvalue weighted by atomic mass is 10.1. The van der Waals surface area contributed by atoms with Gasteiger partial charge >= 0.3 is 5.97 Å². The Kier molecular flexibility index (Phi) is 4.95. The van der Waals surface area contributed by atoms with Crippen LogP contribution in [0.25, 0.3) is 0 Å². The van der Waals surface area contributed by atoms with Gasteiger partial charge in [0.25, 0.3) is 0 Å². The van der Waals surface area contributed by atoms with Crippen molar-refractivity contribution in [1.82, 2.24) is 4.98 Å². The van der Waals surface area contributed by atoms with Gasteiger partial charge in [0.05, 0.1) is 13.2 Å². The van der Waals surface area contributed by atoms with Crippen molar-refractivity contribution in [3.8, 4) is 5.75 Å². The minimum atomic E-state index is -0.515. The average molecular weight is 252 g/mol. The third kappa shape index (κ3) is 3.12. The van der Waals surface area contributed by atoms with Gasteiger partial charge in [-0.15, -0.1) is 0 Å². The van der Waals surface area contributed by atoms with Crippen LogP contribution in [-0.2, 0) is 4.74 Å². The number of esters is 1. The van der Waals surface area contributed by atoms with E-state index in [1.807, 2.05) is 20.8 Å². The van der Waals surface area contributed by atoms with Crippen molar-refractivity contribution in [2.75, 3.05) is 18.9 Å². The summed E-state index contributed by atoms with van der Waals surface area (Å²) in [4.78, 5) is 16.0. The molecule has 0 atom stereocenters. The van der Waals surface area contributed by atoms with E-state index in [4.69, 9.17) is 15.2 Å². The molecular formula is C13H20N2O3. The van der Waals surface area contributed by atoms with Gasteiger partial charge in [0.1, 0.15) is 11.4 Å². The monoisotopic (exact) mass is 252 g/mol. The van der Waals surface area contributed by atoms with E-state index in [2.05, 4.69) is 4.98 Å². The van der Waals surface area contributed by atoms with Crippen LogP contribution in [0.1, 0.15) is 49.8 Å². The maximum atomic E-state index is 11.8. The van der Waals surface area contributed by atoms with E-state index < -0.39 is 5.97 Å². The second-order valence-electron chi connectivity index (χ2n) is 4.12. The molecule has 0 amide bonds. The van der Waals surface area contributed by atoms with Gasteiger partial charge in [0.15, 0.2) is 5.69 Å². The van der Waals surface area contributed by atoms with E-state index in [1.165, 1.54) is 0 Å². The summed E-state index contributed by atoms with van der Waals surface area (Å²) in [6.45, 7) is 8.35. The minimum absolute atomic E-state index is 0.131. The van der Waals surface area contributed by atoms with Crippen LogP contribution >= 0.6 is 0 Å². The molecular weight excluding hydrogens is 232 g/mol. The normalized spacial score (nSPS) is 10.5. The highest BCUT2D eigenvalue weighted by Crippen LogP contribution is 2.28. The van der Waals surface area contributed by atoms with Crippen LogP contribution in [0.5, 0.6) is 5.75 Å². The number of nitrogens with zero attached hydrogens (tertiary/aromatic N) is 1. The maximum absolute atomic E-state index is 11.8. The molecule has 0 aliphatic heterocycles. The molecule has 18 heavy (non-hydrogen) atoms. The van der Waals surface area contributed by atoms with Gasteiger partial charge < -0.3 is 15.2 Å². The number of anilines is 1. The molecule has 2 N–H and O–H groups in total. The van der Waals surface area contributed by atoms with Gasteiger partial charge in [0, 0.05) is 11.8 Å². The summed E-state index contributed by atoms with van der Waals surface area (Å²) in [7, 11) is 0. The molecule has 1 aromatic rings. The standard InChI is InChI=1S/C13H20N2O3/c1-5-17-10-7-9(8(3)4)15-12(11(10)14)13(16)18-6-2/h7-8H,5-6,14H2,1-4H3. The van der Waals surface area contributed by atoms with E-state index in [0.29, 0.717) is 12.4 Å². The Morgan fingerprint density at radius 2 is 2.06 bits per heavy atom. The predicted octanol–water partition coefficient (Wildman–Crippen LogP) is 2.36. The number of hydrogen-bond acceptors (Lipinski definition) is 5. The first-order chi connectivity index (χ1) is 8.51. The Morgan fingerprint density at radius 1 is 1.39 bits per heavy atom. The summed E-state index contributed by atoms with van der Waals surface area (Å²) in [5.41, 5.74) is 7.01. The number of pyridine rings is 1. The van der Waals surface area contributed by atoms with Crippen LogP contribution in [0.3, 0.4) is 0 Å². The first-order valence-corrected chi connectivity index (χ1v) is 6.11. The van der Waals surface area contributed by atoms with E-state index in [9.17, 15) is 4.79 Å². The Labute approximate surface area is 107 Å². The summed E-state index contributed by atoms with van der Waals surface area (Å²) in [6.07, 6.45) is 0. The molecule has 1 aromatic heterocycles. The van der Waals surface area contributed by atoms with Gasteiger partial charge in [-0.3, -0.25) is 0 Å². The van der Waals surface area contributed by atoms with E-state index in [1.54, 1.807) is 13.0 Å². The molecule has 0 spiro atoms. The number of carbonyl (C=O) groups is 1. The molecule has 0 aromatic carbocycles. The van der Waals surface area contributed by atoms with E-state index in [-0.39, 0.29) is 23.9 Å². The van der Waals surface area contributed by atoms with Crippen molar-refractivity contribution in [3.05, 3.63) is 17.5 Å². The molecule has 5 nitrogen and oxygen atoms in total. The largest absolute Gasteiger partial charge is 0.492 e. The molecule has 0 radical (unpaired) electrons. The second-order valence-corrected chi connectivity index (χ2v) is 4.12. The average Bonchev–Trinajstić information content (AvgIpc) is 2.31. The summed E-state index contributed by atoms with van der Waals surface area (Å²) >= 11 is 0. The van der Waals surface area contributed by atoms with Gasteiger partial charge in [-0.2, -0.15) is 0 Å². The summed E-state index contributed by atoms with van der Waals surface area (Å²) in [5, 5.41) is 0. The molecule has 0 bridgehead atoms. The number of ether oxygens (including phenoxy) is 2. The lowest BCUT2D eigenvalue weighted by Gasteiger charge is -2.14. The van der Waals surface area contributed by atoms with E-state index in [0.717, 1.165) is 5.69 Å². The van der Waals surface area contributed by atoms with E-state index >= 15 is 0 Å². The van der Waals surface area contributed by atoms with Gasteiger partial charge in [0.2, 0.25) is 0 Å². The molecule has 0 unspecified atom stereocenters. The number of rotatable bonds is 5. The molecule has 1 rings (SSSR count). The lowest BCUT2D eigenvalue weighted by molar-refractivity contribution is 0.0520. The first kappa shape index (κ1) is 14.3. The highest BCUT2D eigenvalue weighted by atomic mass is 16.5. The van der Waals surface area contributed by atoms with Gasteiger partial charge in [-0.05, 0) is 19.8 Å². The topological polar surface area (TPSA) is 74.4 Å². The second kappa shape index (κ2) is 6.23. The Bertz CT molecular complexity index is 430. The van der Waals surface area contributed by atoms with Crippen molar-refractivity contribution in [3.63, 3.8) is 0 Å². The van der Waals surface area contributed by atoms with Crippen LogP contribution in [0.4, 0.5) is 5.69 Å². The maximum Gasteiger partial charge on any atom is 0.359 e. The zero-order chi connectivity index (χ0) is 13.7. The molecule has 5 heteroatoms. The number of aromatic nitrogens is 1. The Morgan fingerprint density at radius 3 is 2.56 bits per heavy atom. The highest BCUT2D eigenvalue weighted by Gasteiger charge is 2.19. The molecule has 0 saturated heterocycles. The van der Waals surface area contributed by atoms with Crippen LogP contribution in [0, 0.1) is 0 Å². The SMILES string of the molecule is CCOC(=O)c1nc(C(C)C)cc(OCC)c1N. The summed E-state index contributed by atoms with van der Waals surface area (Å²) < 4.78 is 10.4. The van der Waals surface area contributed by atoms with Gasteiger partial charge in [-0.1, -0.05) is 13.8 Å². The third-order valence-electron chi connectivity index (χ3n) is 2.40. The third-order valence-corrected chi connectivity index (χ3v) is 2.40. The van der Waals surface area contributed by atoms with Crippen LogP contribution in [0.2, 0.25) is 0 Å². The zero-order valence-electron chi connectivity index (χ0n) is 11.3. The molecule has 0 aliphatic carbocycles. The zero-order valence-corrected chi connectivity index (χ0v) is 11.3. The Hall–Kier alpha value is -1.78. The van der Waals surface area contributed by atoms with Crippen molar-refractivity contribution in [2.24, 2.45) is 0 Å². The van der Waals surface area contributed by atoms with Crippen molar-refractivity contribution in [1.29, 1.82) is 0 Å². The molecule has 1 heterocycles. The summed E-state index contributed by atoms with van der Waals surface area (Å²) in [6, 6.07) is 1.77. The fraction of sp³-hybridized carbons (Fsp3) is 0.538. The fourth-order valence-electron chi connectivity index (χ4n) is 1.48. The van der Waals surface area contributed by atoms with Crippen LogP contribution < -0.4 is 10.5 Å².